The van der Waals surface area contributed by atoms with Crippen LogP contribution >= 0.6 is 0 Å². The zero-order chi connectivity index (χ0) is 16.2. The maximum atomic E-state index is 12.4. The van der Waals surface area contributed by atoms with Crippen molar-refractivity contribution in [3.63, 3.8) is 0 Å². The molecule has 0 spiro atoms. The van der Waals surface area contributed by atoms with Crippen molar-refractivity contribution in [2.45, 2.75) is 25.8 Å². The second kappa shape index (κ2) is 6.60. The van der Waals surface area contributed by atoms with Crippen LogP contribution in [-0.2, 0) is 24.2 Å². The number of aromatic nitrogens is 1. The van der Waals surface area contributed by atoms with E-state index >= 15 is 0 Å². The number of nitrogens with two attached hydrogens (primary N) is 1. The van der Waals surface area contributed by atoms with Gasteiger partial charge in [0.05, 0.1) is 0 Å². The second-order valence-corrected chi connectivity index (χ2v) is 5.77. The van der Waals surface area contributed by atoms with Gasteiger partial charge >= 0.3 is 0 Å². The Morgan fingerprint density at radius 3 is 2.83 bits per heavy atom. The van der Waals surface area contributed by atoms with Gasteiger partial charge < -0.3 is 10.6 Å². The highest BCUT2D eigenvalue weighted by molar-refractivity contribution is 5.93. The average Bonchev–Trinajstić information content (AvgIpc) is 2.59. The number of hydrogen-bond acceptors (Lipinski definition) is 3. The smallest absolute Gasteiger partial charge is 0.248 e. The van der Waals surface area contributed by atoms with Crippen LogP contribution in [0.3, 0.4) is 0 Å². The average molecular weight is 309 g/mol. The molecule has 23 heavy (non-hydrogen) atoms. The third-order valence-electron chi connectivity index (χ3n) is 4.21. The Morgan fingerprint density at radius 2 is 2.09 bits per heavy atom. The van der Waals surface area contributed by atoms with Gasteiger partial charge in [0.25, 0.3) is 0 Å². The minimum absolute atomic E-state index is 0.129. The number of benzene rings is 1. The first-order valence-corrected chi connectivity index (χ1v) is 7.72. The maximum Gasteiger partial charge on any atom is 0.248 e. The molecule has 2 aromatic rings. The molecule has 0 fully saturated rings. The van der Waals surface area contributed by atoms with E-state index < -0.39 is 5.91 Å². The molecule has 1 aromatic heterocycles. The van der Waals surface area contributed by atoms with E-state index in [0.717, 1.165) is 24.1 Å². The van der Waals surface area contributed by atoms with Gasteiger partial charge in [0.15, 0.2) is 0 Å². The third kappa shape index (κ3) is 3.56. The van der Waals surface area contributed by atoms with E-state index in [-0.39, 0.29) is 5.91 Å². The lowest BCUT2D eigenvalue weighted by atomic mass is 9.96. The van der Waals surface area contributed by atoms with Crippen molar-refractivity contribution in [3.05, 3.63) is 65.0 Å². The van der Waals surface area contributed by atoms with Gasteiger partial charge in [-0.3, -0.25) is 14.6 Å². The summed E-state index contributed by atoms with van der Waals surface area (Å²) in [7, 11) is 0. The number of carbonyl (C=O) groups excluding carboxylic acids is 2. The lowest BCUT2D eigenvalue weighted by Gasteiger charge is -2.29. The molecule has 2 heterocycles. The summed E-state index contributed by atoms with van der Waals surface area (Å²) in [6, 6.07) is 9.35. The molecule has 0 saturated heterocycles. The molecule has 1 aliphatic rings. The van der Waals surface area contributed by atoms with Crippen LogP contribution in [-0.4, -0.2) is 28.2 Å². The quantitative estimate of drug-likeness (QED) is 0.934. The maximum absolute atomic E-state index is 12.4. The number of hydrogen-bond donors (Lipinski definition) is 1. The van der Waals surface area contributed by atoms with E-state index in [4.69, 9.17) is 5.73 Å². The van der Waals surface area contributed by atoms with Crippen molar-refractivity contribution in [1.29, 1.82) is 0 Å². The molecular formula is C18H19N3O2. The van der Waals surface area contributed by atoms with Crippen LogP contribution in [0.2, 0.25) is 0 Å². The summed E-state index contributed by atoms with van der Waals surface area (Å²) in [5, 5.41) is 0. The van der Waals surface area contributed by atoms with Crippen LogP contribution in [0.1, 0.15) is 33.5 Å². The minimum Gasteiger partial charge on any atom is -0.366 e. The van der Waals surface area contributed by atoms with Crippen molar-refractivity contribution >= 4 is 11.8 Å². The van der Waals surface area contributed by atoms with E-state index in [1.807, 2.05) is 23.1 Å². The van der Waals surface area contributed by atoms with E-state index in [2.05, 4.69) is 4.98 Å². The number of nitrogens with zero attached hydrogens (tertiary/aromatic N) is 2. The van der Waals surface area contributed by atoms with Gasteiger partial charge in [0, 0.05) is 37.5 Å². The lowest BCUT2D eigenvalue weighted by Crippen LogP contribution is -2.36. The molecule has 0 saturated carbocycles. The number of fused-ring (bicyclic) bond motifs is 1. The van der Waals surface area contributed by atoms with E-state index in [9.17, 15) is 9.59 Å². The van der Waals surface area contributed by atoms with E-state index in [0.29, 0.717) is 24.9 Å². The van der Waals surface area contributed by atoms with Crippen LogP contribution in [0, 0.1) is 0 Å². The summed E-state index contributed by atoms with van der Waals surface area (Å²) in [6.07, 6.45) is 5.49. The molecule has 3 rings (SSSR count). The fourth-order valence-corrected chi connectivity index (χ4v) is 2.88. The summed E-state index contributed by atoms with van der Waals surface area (Å²) in [5.41, 5.74) is 9.09. The van der Waals surface area contributed by atoms with Crippen LogP contribution < -0.4 is 5.73 Å². The first kappa shape index (κ1) is 15.2. The van der Waals surface area contributed by atoms with Crippen LogP contribution in [0.4, 0.5) is 0 Å². The van der Waals surface area contributed by atoms with Gasteiger partial charge in [-0.15, -0.1) is 0 Å². The number of aryl methyl sites for hydroxylation is 1. The molecule has 0 unspecified atom stereocenters. The summed E-state index contributed by atoms with van der Waals surface area (Å²) in [4.78, 5) is 29.6. The highest BCUT2D eigenvalue weighted by atomic mass is 16.2. The SMILES string of the molecule is NC(=O)c1ccc2c(c1)CN(C(=O)CCc1cccnc1)CC2. The second-order valence-electron chi connectivity index (χ2n) is 5.77. The van der Waals surface area contributed by atoms with Gasteiger partial charge in [-0.05, 0) is 47.7 Å². The fourth-order valence-electron chi connectivity index (χ4n) is 2.88. The molecule has 5 heteroatoms. The Kier molecular flexibility index (Phi) is 4.37. The highest BCUT2D eigenvalue weighted by Crippen LogP contribution is 2.21. The first-order valence-electron chi connectivity index (χ1n) is 7.72. The van der Waals surface area contributed by atoms with Crippen LogP contribution in [0.5, 0.6) is 0 Å². The molecular weight excluding hydrogens is 290 g/mol. The molecule has 1 aliphatic heterocycles. The predicted molar refractivity (Wildman–Crippen MR) is 86.6 cm³/mol. The summed E-state index contributed by atoms with van der Waals surface area (Å²) in [5.74, 6) is -0.309. The van der Waals surface area contributed by atoms with Crippen molar-refractivity contribution in [1.82, 2.24) is 9.88 Å². The van der Waals surface area contributed by atoms with Crippen molar-refractivity contribution in [3.8, 4) is 0 Å². The largest absolute Gasteiger partial charge is 0.366 e. The van der Waals surface area contributed by atoms with Crippen molar-refractivity contribution in [2.75, 3.05) is 6.54 Å². The summed E-state index contributed by atoms with van der Waals surface area (Å²) in [6.45, 7) is 1.26. The highest BCUT2D eigenvalue weighted by Gasteiger charge is 2.21. The molecule has 1 aromatic carbocycles. The minimum atomic E-state index is -0.437. The summed E-state index contributed by atoms with van der Waals surface area (Å²) < 4.78 is 0. The molecule has 2 amide bonds. The number of amides is 2. The van der Waals surface area contributed by atoms with Gasteiger partial charge in [0.1, 0.15) is 0 Å². The number of pyridine rings is 1. The van der Waals surface area contributed by atoms with Gasteiger partial charge in [0.2, 0.25) is 11.8 Å². The molecule has 0 aliphatic carbocycles. The lowest BCUT2D eigenvalue weighted by molar-refractivity contribution is -0.132. The Labute approximate surface area is 135 Å². The monoisotopic (exact) mass is 309 g/mol. The fraction of sp³-hybridized carbons (Fsp3) is 0.278. The molecule has 2 N–H and O–H groups in total. The molecule has 0 atom stereocenters. The predicted octanol–water partition coefficient (Wildman–Crippen LogP) is 1.70. The van der Waals surface area contributed by atoms with Crippen molar-refractivity contribution < 1.29 is 9.59 Å². The molecule has 0 radical (unpaired) electrons. The van der Waals surface area contributed by atoms with Gasteiger partial charge in [-0.2, -0.15) is 0 Å². The Hall–Kier alpha value is -2.69. The standard InChI is InChI=1S/C18H19N3O2/c19-18(23)15-5-4-14-7-9-21(12-16(14)10-15)17(22)6-3-13-2-1-8-20-11-13/h1-2,4-5,8,10-11H,3,6-7,9,12H2,(H2,19,23). The van der Waals surface area contributed by atoms with Gasteiger partial charge in [-0.25, -0.2) is 0 Å². The molecule has 118 valence electrons. The summed E-state index contributed by atoms with van der Waals surface area (Å²) >= 11 is 0. The van der Waals surface area contributed by atoms with E-state index in [1.54, 1.807) is 24.5 Å². The number of rotatable bonds is 4. The number of primary amides is 1. The third-order valence-corrected chi connectivity index (χ3v) is 4.21. The zero-order valence-corrected chi connectivity index (χ0v) is 12.9. The Morgan fingerprint density at radius 1 is 1.22 bits per heavy atom. The zero-order valence-electron chi connectivity index (χ0n) is 12.9. The normalized spacial score (nSPS) is 13.5. The van der Waals surface area contributed by atoms with E-state index in [1.165, 1.54) is 5.56 Å². The van der Waals surface area contributed by atoms with Crippen LogP contribution in [0.25, 0.3) is 0 Å². The Balaban J connectivity index is 1.65. The Bertz CT molecular complexity index is 728. The van der Waals surface area contributed by atoms with Crippen LogP contribution in [0.15, 0.2) is 42.7 Å². The molecule has 0 bridgehead atoms. The number of carbonyl (C=O) groups is 2. The first-order chi connectivity index (χ1) is 11.1. The van der Waals surface area contributed by atoms with Crippen molar-refractivity contribution in [2.24, 2.45) is 5.73 Å². The van der Waals surface area contributed by atoms with Gasteiger partial charge in [-0.1, -0.05) is 12.1 Å². The molecule has 5 nitrogen and oxygen atoms in total. The topological polar surface area (TPSA) is 76.3 Å².